The number of aromatic nitrogens is 1. The molecule has 0 aromatic carbocycles. The van der Waals surface area contributed by atoms with Crippen molar-refractivity contribution < 1.29 is 19.5 Å². The fraction of sp³-hybridized carbons (Fsp3) is 0.500. The van der Waals surface area contributed by atoms with E-state index >= 15 is 0 Å². The fourth-order valence-electron chi connectivity index (χ4n) is 1.71. The zero-order valence-corrected chi connectivity index (χ0v) is 12.4. The quantitative estimate of drug-likeness (QED) is 0.680. The number of carbonyl (C=O) groups excluding carboxylic acids is 2. The molecule has 1 aromatic heterocycles. The number of carboxylic acids is 1. The predicted octanol–water partition coefficient (Wildman–Crippen LogP) is 0.463. The second-order valence-electron chi connectivity index (χ2n) is 5.25. The van der Waals surface area contributed by atoms with Crippen LogP contribution in [0.15, 0.2) is 18.3 Å². The van der Waals surface area contributed by atoms with Crippen molar-refractivity contribution in [3.63, 3.8) is 0 Å². The van der Waals surface area contributed by atoms with E-state index in [1.54, 1.807) is 13.0 Å². The molecule has 0 bridgehead atoms. The molecule has 0 saturated carbocycles. The SMILES string of the molecule is CC(C)CNC(=O)C(C)NC(=O)Cn1cccc1C(=O)O. The minimum absolute atomic E-state index is 0.0297. The third kappa shape index (κ3) is 5.29. The van der Waals surface area contributed by atoms with Gasteiger partial charge in [-0.15, -0.1) is 0 Å². The number of aromatic carboxylic acids is 1. The molecular weight excluding hydrogens is 274 g/mol. The van der Waals surface area contributed by atoms with Crippen molar-refractivity contribution in [1.29, 1.82) is 0 Å². The lowest BCUT2D eigenvalue weighted by Gasteiger charge is -2.15. The van der Waals surface area contributed by atoms with E-state index in [-0.39, 0.29) is 18.1 Å². The van der Waals surface area contributed by atoms with E-state index < -0.39 is 17.9 Å². The normalized spacial score (nSPS) is 12.0. The average Bonchev–Trinajstić information content (AvgIpc) is 2.83. The van der Waals surface area contributed by atoms with Crippen molar-refractivity contribution in [3.8, 4) is 0 Å². The molecule has 0 aliphatic heterocycles. The molecule has 7 heteroatoms. The zero-order valence-electron chi connectivity index (χ0n) is 12.4. The van der Waals surface area contributed by atoms with Crippen LogP contribution in [0.1, 0.15) is 31.3 Å². The number of rotatable bonds is 7. The molecule has 116 valence electrons. The molecule has 7 nitrogen and oxygen atoms in total. The average molecular weight is 295 g/mol. The van der Waals surface area contributed by atoms with Crippen molar-refractivity contribution in [2.24, 2.45) is 5.92 Å². The van der Waals surface area contributed by atoms with Crippen LogP contribution in [0, 0.1) is 5.92 Å². The summed E-state index contributed by atoms with van der Waals surface area (Å²) >= 11 is 0. The minimum Gasteiger partial charge on any atom is -0.477 e. The van der Waals surface area contributed by atoms with Crippen LogP contribution in [0.2, 0.25) is 0 Å². The van der Waals surface area contributed by atoms with Gasteiger partial charge in [-0.05, 0) is 25.0 Å². The number of amides is 2. The van der Waals surface area contributed by atoms with Gasteiger partial charge in [0, 0.05) is 12.7 Å². The van der Waals surface area contributed by atoms with Crippen LogP contribution >= 0.6 is 0 Å². The molecule has 0 aliphatic rings. The lowest BCUT2D eigenvalue weighted by molar-refractivity contribution is -0.128. The molecule has 0 fully saturated rings. The van der Waals surface area contributed by atoms with E-state index in [2.05, 4.69) is 10.6 Å². The van der Waals surface area contributed by atoms with Gasteiger partial charge in [0.05, 0.1) is 0 Å². The Balaban J connectivity index is 2.51. The maximum Gasteiger partial charge on any atom is 0.352 e. The first kappa shape index (κ1) is 16.7. The van der Waals surface area contributed by atoms with E-state index in [0.29, 0.717) is 12.5 Å². The van der Waals surface area contributed by atoms with E-state index in [4.69, 9.17) is 5.11 Å². The van der Waals surface area contributed by atoms with Crippen LogP contribution in [0.4, 0.5) is 0 Å². The van der Waals surface area contributed by atoms with Gasteiger partial charge in [-0.3, -0.25) is 9.59 Å². The Labute approximate surface area is 123 Å². The summed E-state index contributed by atoms with van der Waals surface area (Å²) < 4.78 is 1.32. The van der Waals surface area contributed by atoms with Crippen LogP contribution in [0.25, 0.3) is 0 Å². The molecule has 1 unspecified atom stereocenters. The third-order valence-corrected chi connectivity index (χ3v) is 2.82. The molecule has 0 spiro atoms. The van der Waals surface area contributed by atoms with E-state index in [1.807, 2.05) is 13.8 Å². The molecular formula is C14H21N3O4. The summed E-state index contributed by atoms with van der Waals surface area (Å²) in [5.74, 6) is -1.45. The van der Waals surface area contributed by atoms with Gasteiger partial charge in [-0.2, -0.15) is 0 Å². The van der Waals surface area contributed by atoms with Gasteiger partial charge in [0.15, 0.2) is 0 Å². The lowest BCUT2D eigenvalue weighted by atomic mass is 10.2. The molecule has 2 amide bonds. The van der Waals surface area contributed by atoms with Crippen molar-refractivity contribution in [1.82, 2.24) is 15.2 Å². The van der Waals surface area contributed by atoms with Gasteiger partial charge in [-0.25, -0.2) is 4.79 Å². The van der Waals surface area contributed by atoms with Crippen LogP contribution in [-0.4, -0.2) is 40.0 Å². The number of nitrogens with zero attached hydrogens (tertiary/aromatic N) is 1. The first-order valence-corrected chi connectivity index (χ1v) is 6.76. The summed E-state index contributed by atoms with van der Waals surface area (Å²) in [6.07, 6.45) is 1.51. The van der Waals surface area contributed by atoms with Crippen molar-refractivity contribution in [3.05, 3.63) is 24.0 Å². The largest absolute Gasteiger partial charge is 0.477 e. The molecule has 0 radical (unpaired) electrons. The maximum atomic E-state index is 11.8. The second kappa shape index (κ2) is 7.47. The van der Waals surface area contributed by atoms with E-state index in [1.165, 1.54) is 16.8 Å². The molecule has 1 atom stereocenters. The second-order valence-corrected chi connectivity index (χ2v) is 5.25. The highest BCUT2D eigenvalue weighted by Gasteiger charge is 2.17. The van der Waals surface area contributed by atoms with E-state index in [9.17, 15) is 14.4 Å². The molecule has 1 rings (SSSR count). The smallest absolute Gasteiger partial charge is 0.352 e. The molecule has 1 aromatic rings. The van der Waals surface area contributed by atoms with Gasteiger partial charge in [0.1, 0.15) is 18.3 Å². The Morgan fingerprint density at radius 3 is 2.52 bits per heavy atom. The Morgan fingerprint density at radius 2 is 1.95 bits per heavy atom. The maximum absolute atomic E-state index is 11.8. The van der Waals surface area contributed by atoms with Gasteiger partial charge in [-0.1, -0.05) is 13.8 Å². The minimum atomic E-state index is -1.10. The standard InChI is InChI=1S/C14H21N3O4/c1-9(2)7-15-13(19)10(3)16-12(18)8-17-6-4-5-11(17)14(20)21/h4-6,9-10H,7-8H2,1-3H3,(H,15,19)(H,16,18)(H,20,21). The molecule has 0 saturated heterocycles. The Hall–Kier alpha value is -2.31. The van der Waals surface area contributed by atoms with Crippen molar-refractivity contribution in [2.75, 3.05) is 6.54 Å². The van der Waals surface area contributed by atoms with Crippen molar-refractivity contribution in [2.45, 2.75) is 33.4 Å². The number of nitrogens with one attached hydrogen (secondary N) is 2. The number of hydrogen-bond acceptors (Lipinski definition) is 3. The van der Waals surface area contributed by atoms with Gasteiger partial charge in [0.25, 0.3) is 0 Å². The molecule has 0 aliphatic carbocycles. The summed E-state index contributed by atoms with van der Waals surface area (Å²) in [5.41, 5.74) is 0.0297. The Morgan fingerprint density at radius 1 is 1.29 bits per heavy atom. The highest BCUT2D eigenvalue weighted by atomic mass is 16.4. The number of carbonyl (C=O) groups is 3. The zero-order chi connectivity index (χ0) is 16.0. The monoisotopic (exact) mass is 295 g/mol. The van der Waals surface area contributed by atoms with Crippen LogP contribution in [0.3, 0.4) is 0 Å². The van der Waals surface area contributed by atoms with Gasteiger partial charge < -0.3 is 20.3 Å². The highest BCUT2D eigenvalue weighted by molar-refractivity contribution is 5.89. The van der Waals surface area contributed by atoms with E-state index in [0.717, 1.165) is 0 Å². The summed E-state index contributed by atoms with van der Waals surface area (Å²) in [5, 5.41) is 14.2. The summed E-state index contributed by atoms with van der Waals surface area (Å²) in [6.45, 7) is 5.93. The summed E-state index contributed by atoms with van der Waals surface area (Å²) in [4.78, 5) is 34.5. The van der Waals surface area contributed by atoms with Crippen LogP contribution in [0.5, 0.6) is 0 Å². The van der Waals surface area contributed by atoms with Gasteiger partial charge in [0.2, 0.25) is 11.8 Å². The molecule has 3 N–H and O–H groups in total. The molecule has 21 heavy (non-hydrogen) atoms. The first-order chi connectivity index (χ1) is 9.81. The van der Waals surface area contributed by atoms with Gasteiger partial charge >= 0.3 is 5.97 Å². The van der Waals surface area contributed by atoms with Crippen molar-refractivity contribution >= 4 is 17.8 Å². The Bertz CT molecular complexity index is 522. The highest BCUT2D eigenvalue weighted by Crippen LogP contribution is 2.02. The molecule has 1 heterocycles. The number of hydrogen-bond donors (Lipinski definition) is 3. The summed E-state index contributed by atoms with van der Waals surface area (Å²) in [7, 11) is 0. The first-order valence-electron chi connectivity index (χ1n) is 6.76. The predicted molar refractivity (Wildman–Crippen MR) is 76.8 cm³/mol. The Kier molecular flexibility index (Phi) is 5.95. The summed E-state index contributed by atoms with van der Waals surface area (Å²) in [6, 6.07) is 2.30. The number of carboxylic acid groups (broad SMARTS) is 1. The topological polar surface area (TPSA) is 100 Å². The van der Waals surface area contributed by atoms with Crippen LogP contribution in [-0.2, 0) is 16.1 Å². The fourth-order valence-corrected chi connectivity index (χ4v) is 1.71. The third-order valence-electron chi connectivity index (χ3n) is 2.82. The van der Waals surface area contributed by atoms with Crippen LogP contribution < -0.4 is 10.6 Å². The lowest BCUT2D eigenvalue weighted by Crippen LogP contribution is -2.46.